The number of rotatable bonds is 0. The molecule has 0 radical (unpaired) electrons. The first kappa shape index (κ1) is 7.83. The molecule has 5 heteroatoms. The normalized spacial score (nSPS) is 10.1. The van der Waals surface area contributed by atoms with Crippen LogP contribution in [0.15, 0.2) is 11.4 Å². The third-order valence-corrected chi connectivity index (χ3v) is 2.65. The Balaban J connectivity index is 2.86. The van der Waals surface area contributed by atoms with Gasteiger partial charge in [0.1, 0.15) is 16.7 Å². The smallest absolute Gasteiger partial charge is 0.143 e. The Morgan fingerprint density at radius 1 is 1.46 bits per heavy atom. The Bertz CT molecular complexity index is 509. The van der Waals surface area contributed by atoms with Gasteiger partial charge in [-0.1, -0.05) is 0 Å². The average Bonchev–Trinajstić information content (AvgIpc) is 2.46. The zero-order valence-corrected chi connectivity index (χ0v) is 7.43. The van der Waals surface area contributed by atoms with Crippen molar-refractivity contribution in [2.24, 2.45) is 0 Å². The minimum absolute atomic E-state index is 0.261. The zero-order chi connectivity index (χ0) is 9.42. The molecular weight excluding hydrogens is 184 g/mol. The molecule has 0 bridgehead atoms. The van der Waals surface area contributed by atoms with Crippen molar-refractivity contribution in [3.8, 4) is 6.07 Å². The van der Waals surface area contributed by atoms with Crippen molar-refractivity contribution in [2.75, 3.05) is 11.5 Å². The summed E-state index contributed by atoms with van der Waals surface area (Å²) in [7, 11) is 0. The van der Waals surface area contributed by atoms with E-state index in [2.05, 4.69) is 4.98 Å². The molecule has 4 nitrogen and oxygen atoms in total. The van der Waals surface area contributed by atoms with Crippen LogP contribution in [0.25, 0.3) is 10.2 Å². The summed E-state index contributed by atoms with van der Waals surface area (Å²) in [5, 5.41) is 11.3. The maximum Gasteiger partial charge on any atom is 0.143 e. The molecule has 0 aliphatic rings. The summed E-state index contributed by atoms with van der Waals surface area (Å²) < 4.78 is 0. The first-order chi connectivity index (χ1) is 6.22. The molecule has 2 aromatic rings. The van der Waals surface area contributed by atoms with E-state index in [-0.39, 0.29) is 5.82 Å². The van der Waals surface area contributed by atoms with Crippen LogP contribution in [-0.4, -0.2) is 4.98 Å². The molecule has 0 aliphatic heterocycles. The van der Waals surface area contributed by atoms with E-state index >= 15 is 0 Å². The van der Waals surface area contributed by atoms with Crippen molar-refractivity contribution in [2.45, 2.75) is 0 Å². The molecule has 13 heavy (non-hydrogen) atoms. The Morgan fingerprint density at radius 3 is 2.92 bits per heavy atom. The van der Waals surface area contributed by atoms with Crippen LogP contribution in [-0.2, 0) is 0 Å². The molecule has 64 valence electrons. The number of aromatic nitrogens is 1. The van der Waals surface area contributed by atoms with Crippen LogP contribution in [0.2, 0.25) is 0 Å². The lowest BCUT2D eigenvalue weighted by atomic mass is 10.2. The Hall–Kier alpha value is -1.80. The van der Waals surface area contributed by atoms with Gasteiger partial charge in [-0.15, -0.1) is 11.3 Å². The van der Waals surface area contributed by atoms with Crippen LogP contribution >= 0.6 is 11.3 Å². The number of hydrogen-bond donors (Lipinski definition) is 2. The van der Waals surface area contributed by atoms with Crippen molar-refractivity contribution in [3.05, 3.63) is 17.0 Å². The molecule has 0 aliphatic carbocycles. The van der Waals surface area contributed by atoms with E-state index in [1.54, 1.807) is 11.4 Å². The number of thiophene rings is 1. The second-order valence-electron chi connectivity index (χ2n) is 2.58. The molecule has 2 heterocycles. The van der Waals surface area contributed by atoms with E-state index in [4.69, 9.17) is 16.7 Å². The van der Waals surface area contributed by atoms with Crippen molar-refractivity contribution in [1.82, 2.24) is 4.98 Å². The van der Waals surface area contributed by atoms with Crippen LogP contribution in [0.3, 0.4) is 0 Å². The number of anilines is 2. The lowest BCUT2D eigenvalue weighted by Gasteiger charge is -1.96. The number of hydrogen-bond acceptors (Lipinski definition) is 5. The maximum absolute atomic E-state index is 8.70. The highest BCUT2D eigenvalue weighted by atomic mass is 32.1. The van der Waals surface area contributed by atoms with E-state index in [9.17, 15) is 0 Å². The van der Waals surface area contributed by atoms with Crippen molar-refractivity contribution >= 4 is 33.1 Å². The molecule has 0 saturated heterocycles. The Morgan fingerprint density at radius 2 is 2.23 bits per heavy atom. The predicted molar refractivity (Wildman–Crippen MR) is 53.2 cm³/mol. The fourth-order valence-corrected chi connectivity index (χ4v) is 1.90. The standard InChI is InChI=1S/C8H6N4S/c9-2-4-1-5-6(10)3-13-8(5)12-7(4)11/h1,3H,10H2,(H2,11,12). The van der Waals surface area contributed by atoms with E-state index < -0.39 is 0 Å². The van der Waals surface area contributed by atoms with Gasteiger partial charge in [0.25, 0.3) is 0 Å². The van der Waals surface area contributed by atoms with Crippen LogP contribution in [0.4, 0.5) is 11.5 Å². The molecule has 2 aromatic heterocycles. The number of nitrogens with zero attached hydrogens (tertiary/aromatic N) is 2. The zero-order valence-electron chi connectivity index (χ0n) is 6.61. The summed E-state index contributed by atoms with van der Waals surface area (Å²) in [6, 6.07) is 3.64. The summed E-state index contributed by atoms with van der Waals surface area (Å²) in [4.78, 5) is 4.83. The summed E-state index contributed by atoms with van der Waals surface area (Å²) in [5.74, 6) is 0.261. The predicted octanol–water partition coefficient (Wildman–Crippen LogP) is 1.33. The first-order valence-electron chi connectivity index (χ1n) is 3.55. The quantitative estimate of drug-likeness (QED) is 0.655. The van der Waals surface area contributed by atoms with Crippen LogP contribution in [0.5, 0.6) is 0 Å². The molecule has 0 spiro atoms. The van der Waals surface area contributed by atoms with E-state index in [0.29, 0.717) is 11.3 Å². The van der Waals surface area contributed by atoms with Gasteiger partial charge < -0.3 is 11.5 Å². The van der Waals surface area contributed by atoms with Crippen molar-refractivity contribution in [3.63, 3.8) is 0 Å². The van der Waals surface area contributed by atoms with Gasteiger partial charge in [-0.05, 0) is 6.07 Å². The van der Waals surface area contributed by atoms with E-state index in [1.807, 2.05) is 6.07 Å². The van der Waals surface area contributed by atoms with Gasteiger partial charge in [-0.2, -0.15) is 5.26 Å². The average molecular weight is 190 g/mol. The van der Waals surface area contributed by atoms with Crippen molar-refractivity contribution < 1.29 is 0 Å². The second-order valence-corrected chi connectivity index (χ2v) is 3.43. The summed E-state index contributed by atoms with van der Waals surface area (Å²) >= 11 is 1.42. The molecule has 0 saturated carbocycles. The lowest BCUT2D eigenvalue weighted by Crippen LogP contribution is -1.94. The highest BCUT2D eigenvalue weighted by Gasteiger charge is 2.06. The van der Waals surface area contributed by atoms with E-state index in [1.165, 1.54) is 11.3 Å². The highest BCUT2D eigenvalue weighted by Crippen LogP contribution is 2.28. The molecule has 4 N–H and O–H groups in total. The molecule has 2 rings (SSSR count). The van der Waals surface area contributed by atoms with E-state index in [0.717, 1.165) is 10.2 Å². The third-order valence-electron chi connectivity index (χ3n) is 1.75. The first-order valence-corrected chi connectivity index (χ1v) is 4.43. The monoisotopic (exact) mass is 190 g/mol. The van der Waals surface area contributed by atoms with Gasteiger partial charge in [0.15, 0.2) is 0 Å². The van der Waals surface area contributed by atoms with Gasteiger partial charge >= 0.3 is 0 Å². The molecule has 0 aromatic carbocycles. The maximum atomic E-state index is 8.70. The largest absolute Gasteiger partial charge is 0.398 e. The number of fused-ring (bicyclic) bond motifs is 1. The molecule has 0 amide bonds. The molecule has 0 atom stereocenters. The fraction of sp³-hybridized carbons (Fsp3) is 0. The molecular formula is C8H6N4S. The summed E-state index contributed by atoms with van der Waals surface area (Å²) in [5.41, 5.74) is 12.2. The summed E-state index contributed by atoms with van der Waals surface area (Å²) in [6.07, 6.45) is 0. The number of nitrogens with two attached hydrogens (primary N) is 2. The van der Waals surface area contributed by atoms with Crippen molar-refractivity contribution in [1.29, 1.82) is 5.26 Å². The molecule has 0 unspecified atom stereocenters. The highest BCUT2D eigenvalue weighted by molar-refractivity contribution is 7.17. The fourth-order valence-electron chi connectivity index (χ4n) is 1.08. The van der Waals surface area contributed by atoms with Gasteiger partial charge in [0.2, 0.25) is 0 Å². The lowest BCUT2D eigenvalue weighted by molar-refractivity contribution is 1.40. The SMILES string of the molecule is N#Cc1cc2c(N)csc2nc1N. The summed E-state index contributed by atoms with van der Waals surface area (Å²) in [6.45, 7) is 0. The van der Waals surface area contributed by atoms with Gasteiger partial charge in [0.05, 0.1) is 11.3 Å². The minimum Gasteiger partial charge on any atom is -0.398 e. The molecule has 0 fully saturated rings. The van der Waals surface area contributed by atoms with Gasteiger partial charge in [0, 0.05) is 10.8 Å². The number of nitriles is 1. The van der Waals surface area contributed by atoms with Gasteiger partial charge in [-0.25, -0.2) is 4.98 Å². The Labute approximate surface area is 78.4 Å². The second kappa shape index (κ2) is 2.61. The number of nitrogen functional groups attached to an aromatic ring is 2. The van der Waals surface area contributed by atoms with Crippen LogP contribution < -0.4 is 11.5 Å². The minimum atomic E-state index is 0.261. The van der Waals surface area contributed by atoms with Crippen LogP contribution in [0.1, 0.15) is 5.56 Å². The topological polar surface area (TPSA) is 88.7 Å². The van der Waals surface area contributed by atoms with Gasteiger partial charge in [-0.3, -0.25) is 0 Å². The van der Waals surface area contributed by atoms with Crippen LogP contribution in [0, 0.1) is 11.3 Å². The third kappa shape index (κ3) is 1.08. The Kier molecular flexibility index (Phi) is 1.57. The number of pyridine rings is 1.